The molecule has 2 N–H and O–H groups in total. The number of likely N-dealkylation sites (N-methyl/N-ethyl adjacent to an activating group) is 1. The van der Waals surface area contributed by atoms with Gasteiger partial charge in [-0.1, -0.05) is 0 Å². The third-order valence-electron chi connectivity index (χ3n) is 5.72. The van der Waals surface area contributed by atoms with Gasteiger partial charge >= 0.3 is 0 Å². The summed E-state index contributed by atoms with van der Waals surface area (Å²) in [6.07, 6.45) is 1.82. The minimum absolute atomic E-state index is 0.0530. The molecule has 2 aromatic heterocycles. The first kappa shape index (κ1) is 17.5. The summed E-state index contributed by atoms with van der Waals surface area (Å²) in [4.78, 5) is 18.9. The molecule has 3 heterocycles. The average molecular weight is 394 g/mol. The Morgan fingerprint density at radius 2 is 1.82 bits per heavy atom. The molecule has 28 heavy (non-hydrogen) atoms. The molecule has 1 aliphatic heterocycles. The first-order valence-electron chi connectivity index (χ1n) is 9.64. The molecule has 0 atom stereocenters. The zero-order chi connectivity index (χ0) is 19.3. The fraction of sp³-hybridized carbons (Fsp3) is 0.333. The van der Waals surface area contributed by atoms with Gasteiger partial charge in [0.1, 0.15) is 0 Å². The lowest BCUT2D eigenvalue weighted by molar-refractivity contribution is 0.0656. The number of hydrogen-bond donors (Lipinski definition) is 1. The Labute approximate surface area is 168 Å². The molecule has 1 fully saturated rings. The minimum atomic E-state index is 0.0530. The zero-order valence-electron chi connectivity index (χ0n) is 15.9. The number of nitrogens with zero attached hydrogens (tertiary/aromatic N) is 4. The van der Waals surface area contributed by atoms with Crippen LogP contribution < -0.4 is 5.73 Å². The number of carbonyl (C=O) groups excluding carboxylic acids is 1. The van der Waals surface area contributed by atoms with Gasteiger partial charge in [0.2, 0.25) is 0 Å². The smallest absolute Gasteiger partial charge is 0.274 e. The summed E-state index contributed by atoms with van der Waals surface area (Å²) >= 11 is 1.78. The quantitative estimate of drug-likeness (QED) is 0.680. The number of amides is 1. The van der Waals surface area contributed by atoms with E-state index in [9.17, 15) is 4.79 Å². The minimum Gasteiger partial charge on any atom is -0.399 e. The van der Waals surface area contributed by atoms with Crippen molar-refractivity contribution in [1.82, 2.24) is 19.6 Å². The second-order valence-corrected chi connectivity index (χ2v) is 8.53. The topological polar surface area (TPSA) is 67.4 Å². The summed E-state index contributed by atoms with van der Waals surface area (Å²) in [5, 5.41) is 6.97. The van der Waals surface area contributed by atoms with Crippen LogP contribution in [0.1, 0.15) is 20.9 Å². The van der Waals surface area contributed by atoms with Crippen molar-refractivity contribution >= 4 is 22.9 Å². The van der Waals surface area contributed by atoms with Crippen LogP contribution >= 0.6 is 11.3 Å². The molecule has 1 saturated heterocycles. The van der Waals surface area contributed by atoms with E-state index >= 15 is 0 Å². The molecule has 144 valence electrons. The summed E-state index contributed by atoms with van der Waals surface area (Å²) < 4.78 is 1.93. The van der Waals surface area contributed by atoms with Crippen molar-refractivity contribution in [2.75, 3.05) is 39.0 Å². The molecule has 1 amide bonds. The maximum Gasteiger partial charge on any atom is 0.274 e. The number of thiophene rings is 1. The lowest BCUT2D eigenvalue weighted by Crippen LogP contribution is -2.47. The molecule has 0 saturated carbocycles. The Bertz CT molecular complexity index is 1030. The molecular weight excluding hydrogens is 370 g/mol. The number of fused-ring (bicyclic) bond motifs is 3. The number of aryl methyl sites for hydroxylation is 1. The highest BCUT2D eigenvalue weighted by atomic mass is 32.1. The third kappa shape index (κ3) is 2.82. The highest BCUT2D eigenvalue weighted by molar-refractivity contribution is 7.10. The van der Waals surface area contributed by atoms with Crippen LogP contribution in [0.2, 0.25) is 0 Å². The standard InChI is InChI=1S/C21H23N5OS/c1-24-9-11-25(12-10-24)21(27)19-17-6-7-18-16(8-13-28-18)20(17)26(23-19)15-4-2-14(22)3-5-15/h2-5,8,13H,6-7,9-12,22H2,1H3. The van der Waals surface area contributed by atoms with Crippen LogP contribution in [0.25, 0.3) is 16.9 Å². The molecule has 0 bridgehead atoms. The zero-order valence-corrected chi connectivity index (χ0v) is 16.7. The van der Waals surface area contributed by atoms with Crippen molar-refractivity contribution in [2.24, 2.45) is 0 Å². The Morgan fingerprint density at radius 3 is 2.57 bits per heavy atom. The fourth-order valence-electron chi connectivity index (χ4n) is 4.08. The maximum absolute atomic E-state index is 13.3. The van der Waals surface area contributed by atoms with E-state index in [0.29, 0.717) is 5.69 Å². The predicted octanol–water partition coefficient (Wildman–Crippen LogP) is 2.67. The van der Waals surface area contributed by atoms with Crippen LogP contribution in [-0.4, -0.2) is 58.7 Å². The molecule has 1 aliphatic carbocycles. The van der Waals surface area contributed by atoms with Crippen LogP contribution in [0.3, 0.4) is 0 Å². The van der Waals surface area contributed by atoms with E-state index in [1.54, 1.807) is 11.3 Å². The Morgan fingerprint density at radius 1 is 1.07 bits per heavy atom. The number of rotatable bonds is 2. The Kier molecular flexibility index (Phi) is 4.21. The average Bonchev–Trinajstić information content (AvgIpc) is 3.33. The number of carbonyl (C=O) groups is 1. The molecule has 0 unspecified atom stereocenters. The number of hydrogen-bond acceptors (Lipinski definition) is 5. The summed E-state index contributed by atoms with van der Waals surface area (Å²) in [6, 6.07) is 9.84. The maximum atomic E-state index is 13.3. The molecule has 1 aromatic carbocycles. The molecule has 0 spiro atoms. The van der Waals surface area contributed by atoms with Crippen LogP contribution in [0, 0.1) is 0 Å². The van der Waals surface area contributed by atoms with E-state index in [1.807, 2.05) is 33.8 Å². The Hall–Kier alpha value is -2.64. The van der Waals surface area contributed by atoms with Crippen LogP contribution in [0.5, 0.6) is 0 Å². The summed E-state index contributed by atoms with van der Waals surface area (Å²) in [6.45, 7) is 3.31. The first-order valence-corrected chi connectivity index (χ1v) is 10.5. The van der Waals surface area contributed by atoms with Gasteiger partial charge in [-0.25, -0.2) is 4.68 Å². The van der Waals surface area contributed by atoms with Gasteiger partial charge in [-0.15, -0.1) is 11.3 Å². The van der Waals surface area contributed by atoms with Crippen LogP contribution in [0.4, 0.5) is 5.69 Å². The van der Waals surface area contributed by atoms with E-state index in [-0.39, 0.29) is 5.91 Å². The van der Waals surface area contributed by atoms with E-state index in [0.717, 1.165) is 61.7 Å². The number of nitrogen functional groups attached to an aromatic ring is 1. The summed E-state index contributed by atoms with van der Waals surface area (Å²) in [7, 11) is 2.09. The number of anilines is 1. The van der Waals surface area contributed by atoms with Crippen molar-refractivity contribution in [2.45, 2.75) is 12.8 Å². The lowest BCUT2D eigenvalue weighted by Gasteiger charge is -2.32. The predicted molar refractivity (Wildman–Crippen MR) is 112 cm³/mol. The van der Waals surface area contributed by atoms with E-state index in [2.05, 4.69) is 23.4 Å². The normalized spacial score (nSPS) is 16.7. The Balaban J connectivity index is 1.62. The van der Waals surface area contributed by atoms with E-state index in [1.165, 1.54) is 10.4 Å². The van der Waals surface area contributed by atoms with Gasteiger partial charge in [0.05, 0.1) is 11.4 Å². The third-order valence-corrected chi connectivity index (χ3v) is 6.70. The van der Waals surface area contributed by atoms with Gasteiger partial charge in [-0.3, -0.25) is 4.79 Å². The fourth-order valence-corrected chi connectivity index (χ4v) is 4.96. The molecule has 6 nitrogen and oxygen atoms in total. The van der Waals surface area contributed by atoms with Gasteiger partial charge in [0, 0.05) is 47.9 Å². The molecular formula is C21H23N5OS. The SMILES string of the molecule is CN1CCN(C(=O)c2nn(-c3ccc(N)cc3)c3c2CCc2sccc2-3)CC1. The number of aromatic nitrogens is 2. The molecule has 3 aromatic rings. The second-order valence-electron chi connectivity index (χ2n) is 7.53. The summed E-state index contributed by atoms with van der Waals surface area (Å²) in [5.41, 5.74) is 11.5. The van der Waals surface area contributed by atoms with E-state index < -0.39 is 0 Å². The first-order chi connectivity index (χ1) is 13.6. The second kappa shape index (κ2) is 6.76. The van der Waals surface area contributed by atoms with E-state index in [4.69, 9.17) is 10.8 Å². The molecule has 2 aliphatic rings. The van der Waals surface area contributed by atoms with Gasteiger partial charge < -0.3 is 15.5 Å². The van der Waals surface area contributed by atoms with Gasteiger partial charge in [-0.05, 0) is 55.6 Å². The monoisotopic (exact) mass is 393 g/mol. The molecule has 5 rings (SSSR count). The lowest BCUT2D eigenvalue weighted by atomic mass is 9.94. The highest BCUT2D eigenvalue weighted by Crippen LogP contribution is 2.39. The number of nitrogens with two attached hydrogens (primary N) is 1. The van der Waals surface area contributed by atoms with Crippen molar-refractivity contribution in [3.05, 3.63) is 51.8 Å². The van der Waals surface area contributed by atoms with Gasteiger partial charge in [0.15, 0.2) is 5.69 Å². The van der Waals surface area contributed by atoms with Crippen LogP contribution in [0.15, 0.2) is 35.7 Å². The largest absolute Gasteiger partial charge is 0.399 e. The highest BCUT2D eigenvalue weighted by Gasteiger charge is 2.32. The summed E-state index contributed by atoms with van der Waals surface area (Å²) in [5.74, 6) is 0.0530. The number of piperazine rings is 1. The van der Waals surface area contributed by atoms with Crippen LogP contribution in [-0.2, 0) is 12.8 Å². The molecule has 0 radical (unpaired) electrons. The van der Waals surface area contributed by atoms with Crippen molar-refractivity contribution in [3.8, 4) is 16.9 Å². The van der Waals surface area contributed by atoms with Gasteiger partial charge in [0.25, 0.3) is 5.91 Å². The van der Waals surface area contributed by atoms with Crippen molar-refractivity contribution in [1.29, 1.82) is 0 Å². The van der Waals surface area contributed by atoms with Crippen molar-refractivity contribution in [3.63, 3.8) is 0 Å². The van der Waals surface area contributed by atoms with Crippen molar-refractivity contribution < 1.29 is 4.79 Å². The number of benzene rings is 1. The van der Waals surface area contributed by atoms with Gasteiger partial charge in [-0.2, -0.15) is 5.10 Å². The molecule has 7 heteroatoms.